The van der Waals surface area contributed by atoms with E-state index in [2.05, 4.69) is 16.8 Å². The smallest absolute Gasteiger partial charge is 0.312 e. The first-order valence-electron chi connectivity index (χ1n) is 4.35. The minimum Gasteiger partial charge on any atom is -0.378 e. The van der Waals surface area contributed by atoms with Gasteiger partial charge in [0, 0.05) is 19.0 Å². The predicted octanol–water partition coefficient (Wildman–Crippen LogP) is 0.926. The summed E-state index contributed by atoms with van der Waals surface area (Å²) in [5.74, 6) is 5.14. The van der Waals surface area contributed by atoms with Crippen LogP contribution in [0.5, 0.6) is 0 Å². The van der Waals surface area contributed by atoms with Crippen molar-refractivity contribution in [3.8, 4) is 11.8 Å². The number of hydrogen-bond acceptors (Lipinski definition) is 5. The fraction of sp³-hybridized carbons (Fsp3) is 0.222. The lowest BCUT2D eigenvalue weighted by molar-refractivity contribution is -0.384. The van der Waals surface area contributed by atoms with E-state index in [1.807, 2.05) is 0 Å². The van der Waals surface area contributed by atoms with Gasteiger partial charge in [0.15, 0.2) is 0 Å². The molecule has 0 bridgehead atoms. The van der Waals surface area contributed by atoms with Crippen LogP contribution in [-0.4, -0.2) is 16.5 Å². The van der Waals surface area contributed by atoms with E-state index in [0.29, 0.717) is 13.0 Å². The number of nitrogens with two attached hydrogens (primary N) is 2. The third kappa shape index (κ3) is 2.82. The maximum absolute atomic E-state index is 10.6. The lowest BCUT2D eigenvalue weighted by Crippen LogP contribution is -2.00. The van der Waals surface area contributed by atoms with Gasteiger partial charge in [-0.05, 0) is 0 Å². The van der Waals surface area contributed by atoms with E-state index >= 15 is 0 Å². The highest BCUT2D eigenvalue weighted by atomic mass is 35.5. The van der Waals surface area contributed by atoms with Gasteiger partial charge in [-0.1, -0.05) is 23.4 Å². The maximum Gasteiger partial charge on any atom is 0.312 e. The zero-order valence-corrected chi connectivity index (χ0v) is 8.99. The number of nitrogen functional groups attached to an aromatic ring is 1. The highest BCUT2D eigenvalue weighted by Gasteiger charge is 2.15. The van der Waals surface area contributed by atoms with Crippen LogP contribution in [0.4, 0.5) is 11.5 Å². The molecule has 0 saturated carbocycles. The molecule has 0 aliphatic heterocycles. The molecule has 6 nitrogen and oxygen atoms in total. The lowest BCUT2D eigenvalue weighted by atomic mass is 10.2. The topological polar surface area (TPSA) is 108 Å². The fourth-order valence-corrected chi connectivity index (χ4v) is 1.15. The number of aromatic nitrogens is 1. The Morgan fingerprint density at radius 3 is 2.88 bits per heavy atom. The molecule has 0 saturated heterocycles. The molecule has 0 atom stereocenters. The van der Waals surface area contributed by atoms with E-state index in [-0.39, 0.29) is 22.2 Å². The van der Waals surface area contributed by atoms with Crippen LogP contribution in [0.15, 0.2) is 6.07 Å². The van der Waals surface area contributed by atoms with Crippen molar-refractivity contribution in [1.29, 1.82) is 0 Å². The molecular formula is C9H9ClN4O2. The van der Waals surface area contributed by atoms with E-state index in [1.165, 1.54) is 6.07 Å². The number of halogens is 1. The lowest BCUT2D eigenvalue weighted by Gasteiger charge is -1.99. The molecule has 0 aromatic carbocycles. The third-order valence-corrected chi connectivity index (χ3v) is 1.96. The molecular weight excluding hydrogens is 232 g/mol. The summed E-state index contributed by atoms with van der Waals surface area (Å²) in [6.07, 6.45) is 0.481. The van der Waals surface area contributed by atoms with Crippen LogP contribution in [0.3, 0.4) is 0 Å². The first kappa shape index (κ1) is 12.2. The normalized spacial score (nSPS) is 9.38. The Labute approximate surface area is 96.7 Å². The number of pyridine rings is 1. The number of nitrogens with zero attached hydrogens (tertiary/aromatic N) is 2. The average Bonchev–Trinajstić information content (AvgIpc) is 2.21. The Bertz CT molecular complexity index is 478. The molecule has 1 heterocycles. The molecule has 1 aromatic rings. The van der Waals surface area contributed by atoms with Gasteiger partial charge in [0.1, 0.15) is 5.15 Å². The molecule has 0 radical (unpaired) electrons. The standard InChI is InChI=1S/C9H9ClN4O2/c10-8-6(3-1-2-4-11)5-7(14(15)16)9(12)13-8/h5H,2,4,11H2,(H2,12,13). The van der Waals surface area contributed by atoms with Crippen molar-refractivity contribution in [3.63, 3.8) is 0 Å². The number of hydrogen-bond donors (Lipinski definition) is 2. The summed E-state index contributed by atoms with van der Waals surface area (Å²) in [7, 11) is 0. The molecule has 84 valence electrons. The van der Waals surface area contributed by atoms with Gasteiger partial charge in [0.25, 0.3) is 0 Å². The Morgan fingerprint density at radius 1 is 1.62 bits per heavy atom. The highest BCUT2D eigenvalue weighted by Crippen LogP contribution is 2.24. The second-order valence-electron chi connectivity index (χ2n) is 2.83. The van der Waals surface area contributed by atoms with E-state index in [4.69, 9.17) is 23.1 Å². The van der Waals surface area contributed by atoms with E-state index in [0.717, 1.165) is 0 Å². The van der Waals surface area contributed by atoms with Crippen molar-refractivity contribution in [3.05, 3.63) is 26.9 Å². The van der Waals surface area contributed by atoms with Gasteiger partial charge in [-0.15, -0.1) is 0 Å². The molecule has 7 heteroatoms. The monoisotopic (exact) mass is 240 g/mol. The van der Waals surface area contributed by atoms with Gasteiger partial charge in [-0.3, -0.25) is 10.1 Å². The van der Waals surface area contributed by atoms with Crippen LogP contribution in [0.1, 0.15) is 12.0 Å². The van der Waals surface area contributed by atoms with Crippen LogP contribution < -0.4 is 11.5 Å². The van der Waals surface area contributed by atoms with Gasteiger partial charge >= 0.3 is 5.69 Å². The van der Waals surface area contributed by atoms with Crippen LogP contribution in [0.25, 0.3) is 0 Å². The minimum absolute atomic E-state index is 0.0487. The summed E-state index contributed by atoms with van der Waals surface area (Å²) in [6.45, 7) is 0.412. The van der Waals surface area contributed by atoms with Gasteiger partial charge in [-0.25, -0.2) is 4.98 Å². The number of anilines is 1. The highest BCUT2D eigenvalue weighted by molar-refractivity contribution is 6.30. The second-order valence-corrected chi connectivity index (χ2v) is 3.19. The Balaban J connectivity index is 3.16. The predicted molar refractivity (Wildman–Crippen MR) is 60.9 cm³/mol. The molecule has 1 aromatic heterocycles. The van der Waals surface area contributed by atoms with Crippen molar-refractivity contribution in [2.24, 2.45) is 5.73 Å². The Kier molecular flexibility index (Phi) is 4.05. The summed E-state index contributed by atoms with van der Waals surface area (Å²) in [4.78, 5) is 13.6. The maximum atomic E-state index is 10.6. The van der Waals surface area contributed by atoms with E-state index < -0.39 is 4.92 Å². The Morgan fingerprint density at radius 2 is 2.31 bits per heavy atom. The van der Waals surface area contributed by atoms with Crippen LogP contribution in [0, 0.1) is 22.0 Å². The zero-order valence-electron chi connectivity index (χ0n) is 8.24. The van der Waals surface area contributed by atoms with Crippen molar-refractivity contribution in [2.75, 3.05) is 12.3 Å². The fourth-order valence-electron chi connectivity index (χ4n) is 0.957. The van der Waals surface area contributed by atoms with Crippen molar-refractivity contribution in [1.82, 2.24) is 4.98 Å². The van der Waals surface area contributed by atoms with Crippen molar-refractivity contribution in [2.45, 2.75) is 6.42 Å². The first-order valence-corrected chi connectivity index (χ1v) is 4.73. The third-order valence-electron chi connectivity index (χ3n) is 1.67. The van der Waals surface area contributed by atoms with Crippen LogP contribution in [-0.2, 0) is 0 Å². The molecule has 1 rings (SSSR count). The van der Waals surface area contributed by atoms with Gasteiger partial charge < -0.3 is 11.5 Å². The average molecular weight is 241 g/mol. The number of rotatable bonds is 2. The molecule has 0 amide bonds. The number of nitro groups is 1. The summed E-state index contributed by atoms with van der Waals surface area (Å²) >= 11 is 5.74. The van der Waals surface area contributed by atoms with E-state index in [1.54, 1.807) is 0 Å². The van der Waals surface area contributed by atoms with Crippen molar-refractivity contribution >= 4 is 23.1 Å². The van der Waals surface area contributed by atoms with Crippen LogP contribution in [0.2, 0.25) is 5.15 Å². The summed E-state index contributed by atoms with van der Waals surface area (Å²) < 4.78 is 0. The molecule has 0 fully saturated rings. The SMILES string of the molecule is NCCC#Cc1cc([N+](=O)[O-])c(N)nc1Cl. The van der Waals surface area contributed by atoms with Gasteiger partial charge in [0.2, 0.25) is 5.82 Å². The van der Waals surface area contributed by atoms with Gasteiger partial charge in [-0.2, -0.15) is 0 Å². The zero-order chi connectivity index (χ0) is 12.1. The van der Waals surface area contributed by atoms with Crippen molar-refractivity contribution < 1.29 is 4.92 Å². The summed E-state index contributed by atoms with van der Waals surface area (Å²) in [5.41, 5.74) is 10.6. The Hall–Kier alpha value is -1.84. The van der Waals surface area contributed by atoms with E-state index in [9.17, 15) is 10.1 Å². The molecule has 0 aliphatic rings. The summed E-state index contributed by atoms with van der Waals surface area (Å²) in [5, 5.41) is 10.6. The largest absolute Gasteiger partial charge is 0.378 e. The first-order chi connectivity index (χ1) is 7.56. The quantitative estimate of drug-likeness (QED) is 0.346. The molecule has 4 N–H and O–H groups in total. The molecule has 16 heavy (non-hydrogen) atoms. The van der Waals surface area contributed by atoms with Gasteiger partial charge in [0.05, 0.1) is 10.5 Å². The van der Waals surface area contributed by atoms with Crippen LogP contribution >= 0.6 is 11.6 Å². The molecule has 0 spiro atoms. The minimum atomic E-state index is -0.632. The summed E-state index contributed by atoms with van der Waals surface area (Å²) in [6, 6.07) is 1.20. The molecule has 0 unspecified atom stereocenters. The second kappa shape index (κ2) is 5.30. The molecule has 0 aliphatic carbocycles.